The zero-order valence-electron chi connectivity index (χ0n) is 15.2. The van der Waals surface area contributed by atoms with Crippen molar-refractivity contribution < 1.29 is 22.8 Å². The normalized spacial score (nSPS) is 13.3. The van der Waals surface area contributed by atoms with Gasteiger partial charge in [0.15, 0.2) is 0 Å². The lowest BCUT2D eigenvalue weighted by molar-refractivity contribution is -0.140. The molecule has 0 N–H and O–H groups in total. The van der Waals surface area contributed by atoms with E-state index in [1.54, 1.807) is 0 Å². The van der Waals surface area contributed by atoms with Crippen molar-refractivity contribution in [1.82, 2.24) is 0 Å². The number of hydrogen-bond donors (Lipinski definition) is 0. The van der Waals surface area contributed by atoms with Gasteiger partial charge >= 0.3 is 14.8 Å². The van der Waals surface area contributed by atoms with Crippen molar-refractivity contribution >= 4 is 22.8 Å². The van der Waals surface area contributed by atoms with E-state index in [2.05, 4.69) is 25.3 Å². The number of hydrogen-bond acceptors (Lipinski definition) is 5. The first kappa shape index (κ1) is 21.5. The first-order valence-corrected chi connectivity index (χ1v) is 13.3. The van der Waals surface area contributed by atoms with E-state index in [1.807, 2.05) is 20.8 Å². The molecule has 0 spiro atoms. The molecule has 7 heteroatoms. The number of ether oxygens (including phenoxy) is 1. The lowest BCUT2D eigenvalue weighted by Gasteiger charge is -2.32. The second-order valence-electron chi connectivity index (χ2n) is 5.98. The van der Waals surface area contributed by atoms with E-state index in [0.717, 1.165) is 5.20 Å². The molecule has 5 nitrogen and oxygen atoms in total. The largest absolute Gasteiger partial charge is 0.532 e. The third kappa shape index (κ3) is 8.23. The maximum atomic E-state index is 11.0. The minimum atomic E-state index is -2.90. The van der Waals surface area contributed by atoms with Crippen LogP contribution in [0.4, 0.5) is 0 Å². The Balaban J connectivity index is 5.50. The molecule has 0 amide bonds. The van der Waals surface area contributed by atoms with Gasteiger partial charge in [-0.25, -0.2) is 0 Å². The molecule has 0 aliphatic carbocycles. The van der Waals surface area contributed by atoms with Gasteiger partial charge in [-0.3, -0.25) is 4.79 Å². The van der Waals surface area contributed by atoms with Crippen LogP contribution in [0.2, 0.25) is 19.6 Å². The fourth-order valence-corrected chi connectivity index (χ4v) is 7.66. The summed E-state index contributed by atoms with van der Waals surface area (Å²) in [5.74, 6) is -0.274. The summed E-state index contributed by atoms with van der Waals surface area (Å²) in [6, 6.07) is 0. The van der Waals surface area contributed by atoms with Crippen LogP contribution in [0.25, 0.3) is 0 Å². The van der Waals surface area contributed by atoms with Crippen LogP contribution >= 0.6 is 0 Å². The summed E-state index contributed by atoms with van der Waals surface area (Å²) in [6.07, 6.45) is 0.593. The summed E-state index contributed by atoms with van der Waals surface area (Å²) in [4.78, 5) is 11.0. The average Bonchev–Trinajstić information content (AvgIpc) is 2.36. The summed E-state index contributed by atoms with van der Waals surface area (Å²) in [5.41, 5.74) is 2.27. The van der Waals surface area contributed by atoms with Crippen LogP contribution in [-0.4, -0.2) is 49.3 Å². The van der Waals surface area contributed by atoms with Crippen LogP contribution in [0.15, 0.2) is 10.9 Å². The molecule has 0 aromatic heterocycles. The van der Waals surface area contributed by atoms with E-state index in [0.29, 0.717) is 32.8 Å². The van der Waals surface area contributed by atoms with Gasteiger partial charge in [0.1, 0.15) is 0 Å². The highest BCUT2D eigenvalue weighted by Gasteiger charge is 2.45. The van der Waals surface area contributed by atoms with Crippen molar-refractivity contribution in [3.05, 3.63) is 10.9 Å². The van der Waals surface area contributed by atoms with Gasteiger partial charge in [-0.2, -0.15) is 0 Å². The van der Waals surface area contributed by atoms with Crippen molar-refractivity contribution in [3.63, 3.8) is 0 Å². The van der Waals surface area contributed by atoms with Crippen molar-refractivity contribution in [2.45, 2.75) is 53.8 Å². The van der Waals surface area contributed by atoms with Crippen molar-refractivity contribution in [3.8, 4) is 0 Å². The molecule has 22 heavy (non-hydrogen) atoms. The Morgan fingerprint density at radius 2 is 1.41 bits per heavy atom. The molecular formula is C15H32O5Si2. The molecule has 0 radical (unpaired) electrons. The fraction of sp³-hybridized carbons (Fsp3) is 0.800. The molecule has 130 valence electrons. The molecular weight excluding hydrogens is 316 g/mol. The SMILES string of the molecule is CCO[Si](OCC)(OCC)/C(=C/[Si](C)(C)C)CCOC(C)=O. The van der Waals surface area contributed by atoms with E-state index >= 15 is 0 Å². The van der Waals surface area contributed by atoms with E-state index in [-0.39, 0.29) is 5.97 Å². The minimum Gasteiger partial charge on any atom is -0.466 e. The van der Waals surface area contributed by atoms with Gasteiger partial charge in [-0.05, 0) is 26.0 Å². The number of carbonyl (C=O) groups excluding carboxylic acids is 1. The average molecular weight is 349 g/mol. The Hall–Kier alpha value is -0.476. The van der Waals surface area contributed by atoms with Gasteiger partial charge in [0, 0.05) is 33.2 Å². The summed E-state index contributed by atoms with van der Waals surface area (Å²) >= 11 is 0. The molecule has 0 unspecified atom stereocenters. The van der Waals surface area contributed by atoms with Crippen molar-refractivity contribution in [1.29, 1.82) is 0 Å². The second kappa shape index (κ2) is 10.3. The molecule has 0 atom stereocenters. The molecule has 0 heterocycles. The highest BCUT2D eigenvalue weighted by Crippen LogP contribution is 2.25. The summed E-state index contributed by atoms with van der Waals surface area (Å²) in [6.45, 7) is 15.9. The first-order chi connectivity index (χ1) is 10.2. The number of carbonyl (C=O) groups is 1. The van der Waals surface area contributed by atoms with Crippen LogP contribution in [0.1, 0.15) is 34.1 Å². The molecule has 0 saturated heterocycles. The van der Waals surface area contributed by atoms with E-state index < -0.39 is 16.9 Å². The Bertz CT molecular complexity index is 346. The fourth-order valence-electron chi connectivity index (χ4n) is 2.11. The Morgan fingerprint density at radius 1 is 0.955 bits per heavy atom. The molecule has 0 saturated carbocycles. The Morgan fingerprint density at radius 3 is 1.73 bits per heavy atom. The zero-order valence-corrected chi connectivity index (χ0v) is 17.2. The van der Waals surface area contributed by atoms with Crippen LogP contribution < -0.4 is 0 Å². The molecule has 0 rings (SSSR count). The van der Waals surface area contributed by atoms with Crippen LogP contribution in [-0.2, 0) is 22.8 Å². The molecule has 0 aromatic rings. The molecule has 0 fully saturated rings. The lowest BCUT2D eigenvalue weighted by atomic mass is 10.4. The van der Waals surface area contributed by atoms with Crippen LogP contribution in [0, 0.1) is 0 Å². The quantitative estimate of drug-likeness (QED) is 0.423. The van der Waals surface area contributed by atoms with Gasteiger partial charge < -0.3 is 18.0 Å². The van der Waals surface area contributed by atoms with Gasteiger partial charge in [0.2, 0.25) is 0 Å². The standard InChI is InChI=1S/C15H32O5Si2/c1-8-18-22(19-9-2,20-10-3)15(13-21(5,6)7)11-12-17-14(4)16/h13H,8-12H2,1-7H3/b15-13+. The van der Waals surface area contributed by atoms with Crippen molar-refractivity contribution in [2.24, 2.45) is 0 Å². The monoisotopic (exact) mass is 348 g/mol. The lowest BCUT2D eigenvalue weighted by Crippen LogP contribution is -2.49. The van der Waals surface area contributed by atoms with E-state index in [4.69, 9.17) is 18.0 Å². The summed E-state index contributed by atoms with van der Waals surface area (Å²) in [5, 5.41) is 1.04. The smallest absolute Gasteiger partial charge is 0.466 e. The summed E-state index contributed by atoms with van der Waals surface area (Å²) in [7, 11) is -4.40. The van der Waals surface area contributed by atoms with Gasteiger partial charge in [-0.15, -0.1) is 0 Å². The predicted molar refractivity (Wildman–Crippen MR) is 93.3 cm³/mol. The molecule has 0 bridgehead atoms. The second-order valence-corrected chi connectivity index (χ2v) is 13.6. The van der Waals surface area contributed by atoms with E-state index in [1.165, 1.54) is 6.92 Å². The topological polar surface area (TPSA) is 54.0 Å². The molecule has 0 aromatic carbocycles. The molecule has 0 aliphatic heterocycles. The Labute approximate surface area is 137 Å². The number of rotatable bonds is 11. The zero-order chi connectivity index (χ0) is 17.2. The maximum Gasteiger partial charge on any atom is 0.532 e. The van der Waals surface area contributed by atoms with Crippen LogP contribution in [0.5, 0.6) is 0 Å². The highest BCUT2D eigenvalue weighted by molar-refractivity contribution is 6.83. The predicted octanol–water partition coefficient (Wildman–Crippen LogP) is 3.33. The van der Waals surface area contributed by atoms with E-state index in [9.17, 15) is 4.79 Å². The van der Waals surface area contributed by atoms with Crippen molar-refractivity contribution in [2.75, 3.05) is 26.4 Å². The van der Waals surface area contributed by atoms with Gasteiger partial charge in [-0.1, -0.05) is 25.3 Å². The Kier molecular flexibility index (Phi) is 10.1. The number of esters is 1. The minimum absolute atomic E-state index is 0.274. The first-order valence-electron chi connectivity index (χ1n) is 7.98. The maximum absolute atomic E-state index is 11.0. The highest BCUT2D eigenvalue weighted by atomic mass is 28.4. The third-order valence-electron chi connectivity index (χ3n) is 2.68. The van der Waals surface area contributed by atoms with Crippen LogP contribution in [0.3, 0.4) is 0 Å². The third-order valence-corrected chi connectivity index (χ3v) is 7.37. The summed E-state index contributed by atoms with van der Waals surface area (Å²) < 4.78 is 23.1. The molecule has 0 aliphatic rings. The van der Waals surface area contributed by atoms with Gasteiger partial charge in [0.25, 0.3) is 0 Å². The van der Waals surface area contributed by atoms with Gasteiger partial charge in [0.05, 0.1) is 14.7 Å².